The van der Waals surface area contributed by atoms with Gasteiger partial charge >= 0.3 is 5.69 Å². The Morgan fingerprint density at radius 1 is 1.29 bits per heavy atom. The number of imidazole rings is 1. The van der Waals surface area contributed by atoms with E-state index in [2.05, 4.69) is 4.98 Å². The highest BCUT2D eigenvalue weighted by Gasteiger charge is 2.05. The highest BCUT2D eigenvalue weighted by atomic mass is 16.1. The molecular formula is C13H17N3O. The molecule has 4 nitrogen and oxygen atoms in total. The fraction of sp³-hybridized carbons (Fsp3) is 0.385. The fourth-order valence-electron chi connectivity index (χ4n) is 1.77. The van der Waals surface area contributed by atoms with Crippen LogP contribution in [0.25, 0.3) is 0 Å². The predicted octanol–water partition coefficient (Wildman–Crippen LogP) is 1.87. The van der Waals surface area contributed by atoms with E-state index in [0.29, 0.717) is 6.54 Å². The summed E-state index contributed by atoms with van der Waals surface area (Å²) >= 11 is 0. The lowest BCUT2D eigenvalue weighted by Gasteiger charge is -2.04. The third kappa shape index (κ3) is 2.64. The molecule has 2 aromatic heterocycles. The summed E-state index contributed by atoms with van der Waals surface area (Å²) in [5.41, 5.74) is 1.06. The highest BCUT2D eigenvalue weighted by molar-refractivity contribution is 5.03. The van der Waals surface area contributed by atoms with Gasteiger partial charge in [-0.25, -0.2) is 4.79 Å². The monoisotopic (exact) mass is 231 g/mol. The summed E-state index contributed by atoms with van der Waals surface area (Å²) in [6, 6.07) is 6.04. The minimum Gasteiger partial charge on any atom is -0.299 e. The van der Waals surface area contributed by atoms with E-state index in [4.69, 9.17) is 0 Å². The van der Waals surface area contributed by atoms with Crippen LogP contribution < -0.4 is 5.69 Å². The van der Waals surface area contributed by atoms with E-state index >= 15 is 0 Å². The van der Waals surface area contributed by atoms with Crippen molar-refractivity contribution < 1.29 is 0 Å². The van der Waals surface area contributed by atoms with Crippen LogP contribution >= 0.6 is 0 Å². The van der Waals surface area contributed by atoms with Gasteiger partial charge in [0.15, 0.2) is 0 Å². The zero-order chi connectivity index (χ0) is 12.3. The van der Waals surface area contributed by atoms with Crippen LogP contribution in [0.2, 0.25) is 0 Å². The smallest absolute Gasteiger partial charge is 0.299 e. The third-order valence-electron chi connectivity index (χ3n) is 2.77. The molecule has 0 saturated heterocycles. The van der Waals surface area contributed by atoms with E-state index in [1.807, 2.05) is 44.4 Å². The molecular weight excluding hydrogens is 214 g/mol. The van der Waals surface area contributed by atoms with E-state index in [9.17, 15) is 4.79 Å². The average molecular weight is 231 g/mol. The molecule has 0 radical (unpaired) electrons. The molecule has 0 N–H and O–H groups in total. The first-order valence-corrected chi connectivity index (χ1v) is 5.85. The van der Waals surface area contributed by atoms with Gasteiger partial charge in [0.1, 0.15) is 0 Å². The zero-order valence-corrected chi connectivity index (χ0v) is 10.2. The van der Waals surface area contributed by atoms with Crippen LogP contribution in [-0.4, -0.2) is 14.1 Å². The Morgan fingerprint density at radius 3 is 2.71 bits per heavy atom. The van der Waals surface area contributed by atoms with Gasteiger partial charge in [-0.3, -0.25) is 14.1 Å². The molecule has 0 spiro atoms. The van der Waals surface area contributed by atoms with Gasteiger partial charge in [-0.15, -0.1) is 0 Å². The number of hydrogen-bond donors (Lipinski definition) is 0. The summed E-state index contributed by atoms with van der Waals surface area (Å²) in [6.45, 7) is 4.69. The topological polar surface area (TPSA) is 39.8 Å². The number of pyridine rings is 1. The number of hydrogen-bond acceptors (Lipinski definition) is 2. The second-order valence-corrected chi connectivity index (χ2v) is 4.35. The van der Waals surface area contributed by atoms with E-state index in [1.165, 1.54) is 0 Å². The molecule has 0 bridgehead atoms. The van der Waals surface area contributed by atoms with Crippen LogP contribution in [0.15, 0.2) is 41.6 Å². The summed E-state index contributed by atoms with van der Waals surface area (Å²) in [7, 11) is 0. The standard InChI is InChI=1S/C13H17N3O/c1-11(2)16-10-9-15(13(16)17)8-6-12-5-3-4-7-14-12/h3-5,7,9-11H,6,8H2,1-2H3. The predicted molar refractivity (Wildman–Crippen MR) is 67.0 cm³/mol. The van der Waals surface area contributed by atoms with E-state index in [0.717, 1.165) is 12.1 Å². The van der Waals surface area contributed by atoms with Gasteiger partial charge in [-0.05, 0) is 26.0 Å². The normalized spacial score (nSPS) is 11.0. The maximum Gasteiger partial charge on any atom is 0.328 e. The van der Waals surface area contributed by atoms with E-state index < -0.39 is 0 Å². The van der Waals surface area contributed by atoms with Gasteiger partial charge in [-0.1, -0.05) is 6.07 Å². The Morgan fingerprint density at radius 2 is 2.12 bits per heavy atom. The van der Waals surface area contributed by atoms with Crippen molar-refractivity contribution in [1.82, 2.24) is 14.1 Å². The van der Waals surface area contributed by atoms with Crippen molar-refractivity contribution in [3.63, 3.8) is 0 Å². The van der Waals surface area contributed by atoms with Gasteiger partial charge in [0.25, 0.3) is 0 Å². The number of aromatic nitrogens is 3. The summed E-state index contributed by atoms with van der Waals surface area (Å²) in [5, 5.41) is 0. The Bertz CT molecular complexity index is 525. The van der Waals surface area contributed by atoms with Crippen molar-refractivity contribution in [3.05, 3.63) is 53.0 Å². The van der Waals surface area contributed by atoms with Crippen LogP contribution in [0.4, 0.5) is 0 Å². The highest BCUT2D eigenvalue weighted by Crippen LogP contribution is 2.01. The Balaban J connectivity index is 2.08. The number of aryl methyl sites for hydroxylation is 2. The molecule has 0 aromatic carbocycles. The summed E-state index contributed by atoms with van der Waals surface area (Å²) in [6.07, 6.45) is 6.23. The second-order valence-electron chi connectivity index (χ2n) is 4.35. The second kappa shape index (κ2) is 4.99. The molecule has 0 atom stereocenters. The van der Waals surface area contributed by atoms with Crippen molar-refractivity contribution in [2.24, 2.45) is 0 Å². The number of nitrogens with zero attached hydrogens (tertiary/aromatic N) is 3. The SMILES string of the molecule is CC(C)n1ccn(CCc2ccccn2)c1=O. The molecule has 90 valence electrons. The lowest BCUT2D eigenvalue weighted by atomic mass is 10.3. The van der Waals surface area contributed by atoms with Crippen molar-refractivity contribution in [2.45, 2.75) is 32.9 Å². The molecule has 0 unspecified atom stereocenters. The Labute approximate surface area is 101 Å². The first-order chi connectivity index (χ1) is 8.18. The molecule has 4 heteroatoms. The summed E-state index contributed by atoms with van der Waals surface area (Å²) in [5.74, 6) is 0. The quantitative estimate of drug-likeness (QED) is 0.806. The lowest BCUT2D eigenvalue weighted by Crippen LogP contribution is -2.25. The first kappa shape index (κ1) is 11.6. The maximum atomic E-state index is 11.9. The molecule has 0 aliphatic carbocycles. The average Bonchev–Trinajstić information content (AvgIpc) is 2.69. The molecule has 0 saturated carbocycles. The van der Waals surface area contributed by atoms with Crippen LogP contribution in [-0.2, 0) is 13.0 Å². The van der Waals surface area contributed by atoms with Gasteiger partial charge in [0.2, 0.25) is 0 Å². The van der Waals surface area contributed by atoms with Crippen molar-refractivity contribution in [1.29, 1.82) is 0 Å². The van der Waals surface area contributed by atoms with Gasteiger partial charge in [0.05, 0.1) is 0 Å². The fourth-order valence-corrected chi connectivity index (χ4v) is 1.77. The Kier molecular flexibility index (Phi) is 3.42. The summed E-state index contributed by atoms with van der Waals surface area (Å²) < 4.78 is 3.47. The third-order valence-corrected chi connectivity index (χ3v) is 2.77. The molecule has 2 heterocycles. The Hall–Kier alpha value is -1.84. The molecule has 0 aliphatic heterocycles. The van der Waals surface area contributed by atoms with E-state index in [1.54, 1.807) is 15.3 Å². The van der Waals surface area contributed by atoms with Gasteiger partial charge < -0.3 is 0 Å². The summed E-state index contributed by atoms with van der Waals surface area (Å²) in [4.78, 5) is 16.2. The molecule has 0 aliphatic rings. The molecule has 2 rings (SSSR count). The van der Waals surface area contributed by atoms with Gasteiger partial charge in [0, 0.05) is 43.3 Å². The van der Waals surface area contributed by atoms with Crippen molar-refractivity contribution >= 4 is 0 Å². The maximum absolute atomic E-state index is 11.9. The number of rotatable bonds is 4. The van der Waals surface area contributed by atoms with Gasteiger partial charge in [-0.2, -0.15) is 0 Å². The molecule has 17 heavy (non-hydrogen) atoms. The zero-order valence-electron chi connectivity index (χ0n) is 10.2. The minimum absolute atomic E-state index is 0.0518. The largest absolute Gasteiger partial charge is 0.328 e. The van der Waals surface area contributed by atoms with Crippen molar-refractivity contribution in [3.8, 4) is 0 Å². The van der Waals surface area contributed by atoms with E-state index in [-0.39, 0.29) is 11.7 Å². The lowest BCUT2D eigenvalue weighted by molar-refractivity contribution is 0.549. The first-order valence-electron chi connectivity index (χ1n) is 5.85. The molecule has 0 amide bonds. The molecule has 0 fully saturated rings. The molecule has 2 aromatic rings. The van der Waals surface area contributed by atoms with Crippen molar-refractivity contribution in [2.75, 3.05) is 0 Å². The van der Waals surface area contributed by atoms with Crippen LogP contribution in [0.5, 0.6) is 0 Å². The van der Waals surface area contributed by atoms with Crippen LogP contribution in [0.1, 0.15) is 25.6 Å². The minimum atomic E-state index is 0.0518. The van der Waals surface area contributed by atoms with Crippen LogP contribution in [0, 0.1) is 0 Å². The van der Waals surface area contributed by atoms with Crippen LogP contribution in [0.3, 0.4) is 0 Å².